The van der Waals surface area contributed by atoms with E-state index in [4.69, 9.17) is 11.6 Å². The van der Waals surface area contributed by atoms with Crippen LogP contribution in [-0.4, -0.2) is 26.5 Å². The Kier molecular flexibility index (Phi) is 4.87. The fourth-order valence-electron chi connectivity index (χ4n) is 2.17. The molecule has 0 amide bonds. The summed E-state index contributed by atoms with van der Waals surface area (Å²) in [5.41, 5.74) is 1.20. The van der Waals surface area contributed by atoms with Gasteiger partial charge in [0, 0.05) is 23.4 Å². The van der Waals surface area contributed by atoms with Gasteiger partial charge in [-0.2, -0.15) is 0 Å². The average molecular weight is 302 g/mol. The highest BCUT2D eigenvalue weighted by Gasteiger charge is 2.32. The quantitative estimate of drug-likeness (QED) is 0.842. The van der Waals surface area contributed by atoms with Crippen LogP contribution >= 0.6 is 11.6 Å². The van der Waals surface area contributed by atoms with Gasteiger partial charge in [-0.3, -0.25) is 0 Å². The van der Waals surface area contributed by atoms with E-state index in [1.165, 1.54) is 18.4 Å². The summed E-state index contributed by atoms with van der Waals surface area (Å²) < 4.78 is 23.0. The third-order valence-corrected chi connectivity index (χ3v) is 5.50. The minimum atomic E-state index is -2.89. The summed E-state index contributed by atoms with van der Waals surface area (Å²) in [4.78, 5) is 0. The molecule has 106 valence electrons. The Morgan fingerprint density at radius 2 is 1.95 bits per heavy atom. The first-order valence-electron chi connectivity index (χ1n) is 6.71. The number of rotatable bonds is 7. The van der Waals surface area contributed by atoms with Gasteiger partial charge in [-0.15, -0.1) is 0 Å². The van der Waals surface area contributed by atoms with E-state index in [0.717, 1.165) is 5.02 Å². The van der Waals surface area contributed by atoms with Crippen molar-refractivity contribution in [1.82, 2.24) is 5.32 Å². The number of hydrogen-bond acceptors (Lipinski definition) is 3. The second-order valence-corrected chi connectivity index (χ2v) is 7.97. The van der Waals surface area contributed by atoms with Crippen molar-refractivity contribution >= 4 is 21.4 Å². The van der Waals surface area contributed by atoms with Gasteiger partial charge in [0.05, 0.1) is 5.75 Å². The summed E-state index contributed by atoms with van der Waals surface area (Å²) in [5, 5.41) is 4.11. The van der Waals surface area contributed by atoms with Gasteiger partial charge >= 0.3 is 0 Å². The molecule has 0 aromatic heterocycles. The Morgan fingerprint density at radius 1 is 1.32 bits per heavy atom. The average Bonchev–Trinajstić information content (AvgIpc) is 3.20. The summed E-state index contributed by atoms with van der Waals surface area (Å²) in [6.07, 6.45) is 2.42. The van der Waals surface area contributed by atoms with Crippen LogP contribution in [-0.2, 0) is 9.84 Å². The third kappa shape index (κ3) is 4.48. The maximum absolute atomic E-state index is 11.5. The van der Waals surface area contributed by atoms with Crippen LogP contribution in [0.2, 0.25) is 5.02 Å². The van der Waals surface area contributed by atoms with E-state index < -0.39 is 9.84 Å². The molecule has 2 rings (SSSR count). The predicted molar refractivity (Wildman–Crippen MR) is 79.2 cm³/mol. The topological polar surface area (TPSA) is 46.2 Å². The van der Waals surface area contributed by atoms with Gasteiger partial charge in [-0.25, -0.2) is 8.42 Å². The molecule has 5 heteroatoms. The molecule has 1 N–H and O–H groups in total. The predicted octanol–water partition coefficient (Wildman–Crippen LogP) is 2.82. The first-order valence-corrected chi connectivity index (χ1v) is 8.91. The lowest BCUT2D eigenvalue weighted by atomic mass is 10.0. The third-order valence-electron chi connectivity index (χ3n) is 3.54. The lowest BCUT2D eigenvalue weighted by Crippen LogP contribution is -2.29. The molecule has 1 fully saturated rings. The minimum absolute atomic E-state index is 0.209. The maximum atomic E-state index is 11.5. The molecule has 0 radical (unpaired) electrons. The second-order valence-electron chi connectivity index (χ2n) is 5.06. The van der Waals surface area contributed by atoms with E-state index in [1.54, 1.807) is 6.92 Å². The molecule has 0 bridgehead atoms. The van der Waals surface area contributed by atoms with Crippen LogP contribution in [0.1, 0.15) is 31.4 Å². The maximum Gasteiger partial charge on any atom is 0.151 e. The van der Waals surface area contributed by atoms with E-state index in [9.17, 15) is 8.42 Å². The molecule has 0 heterocycles. The molecule has 0 saturated heterocycles. The first-order chi connectivity index (χ1) is 9.02. The van der Waals surface area contributed by atoms with Crippen molar-refractivity contribution in [1.29, 1.82) is 0 Å². The first kappa shape index (κ1) is 14.8. The minimum Gasteiger partial charge on any atom is -0.309 e. The lowest BCUT2D eigenvalue weighted by Gasteiger charge is -2.18. The van der Waals surface area contributed by atoms with Crippen molar-refractivity contribution in [2.75, 3.05) is 18.1 Å². The zero-order valence-electron chi connectivity index (χ0n) is 11.1. The largest absolute Gasteiger partial charge is 0.309 e. The van der Waals surface area contributed by atoms with Gasteiger partial charge in [0.2, 0.25) is 0 Å². The van der Waals surface area contributed by atoms with Crippen molar-refractivity contribution in [3.63, 3.8) is 0 Å². The van der Waals surface area contributed by atoms with Crippen LogP contribution in [0, 0.1) is 5.92 Å². The zero-order valence-corrected chi connectivity index (χ0v) is 12.7. The molecule has 1 aliphatic rings. The van der Waals surface area contributed by atoms with Crippen LogP contribution in [0.25, 0.3) is 0 Å². The molecule has 1 saturated carbocycles. The number of sulfone groups is 1. The fraction of sp³-hybridized carbons (Fsp3) is 0.571. The van der Waals surface area contributed by atoms with Gasteiger partial charge < -0.3 is 5.32 Å². The fourth-order valence-corrected chi connectivity index (χ4v) is 3.01. The van der Waals surface area contributed by atoms with E-state index in [0.29, 0.717) is 12.5 Å². The molecule has 0 aliphatic heterocycles. The van der Waals surface area contributed by atoms with Crippen LogP contribution in [0.15, 0.2) is 24.3 Å². The van der Waals surface area contributed by atoms with Crippen molar-refractivity contribution in [2.24, 2.45) is 5.92 Å². The summed E-state index contributed by atoms with van der Waals surface area (Å²) in [7, 11) is -2.89. The highest BCUT2D eigenvalue weighted by Crippen LogP contribution is 2.41. The van der Waals surface area contributed by atoms with Gasteiger partial charge in [0.15, 0.2) is 9.84 Å². The molecule has 1 aromatic carbocycles. The summed E-state index contributed by atoms with van der Waals surface area (Å²) in [6.45, 7) is 2.20. The van der Waals surface area contributed by atoms with E-state index in [1.807, 2.05) is 24.3 Å². The normalized spacial score (nSPS) is 17.4. The SMILES string of the molecule is CCS(=O)(=O)CCNC(c1ccc(Cl)cc1)C1CC1. The number of benzene rings is 1. The lowest BCUT2D eigenvalue weighted by molar-refractivity contribution is 0.494. The summed E-state index contributed by atoms with van der Waals surface area (Å²) in [5.74, 6) is 1.05. The van der Waals surface area contributed by atoms with Crippen molar-refractivity contribution in [3.8, 4) is 0 Å². The van der Waals surface area contributed by atoms with Crippen molar-refractivity contribution in [2.45, 2.75) is 25.8 Å². The molecule has 1 unspecified atom stereocenters. The molecule has 0 spiro atoms. The van der Waals surface area contributed by atoms with Crippen LogP contribution in [0.4, 0.5) is 0 Å². The highest BCUT2D eigenvalue weighted by molar-refractivity contribution is 7.91. The standard InChI is InChI=1S/C14H20ClNO2S/c1-2-19(17,18)10-9-16-14(11-3-4-11)12-5-7-13(15)8-6-12/h5-8,11,14,16H,2-4,9-10H2,1H3. The van der Waals surface area contributed by atoms with Gasteiger partial charge in [0.1, 0.15) is 0 Å². The molecular formula is C14H20ClNO2S. The van der Waals surface area contributed by atoms with Gasteiger partial charge in [-0.1, -0.05) is 30.7 Å². The summed E-state index contributed by atoms with van der Waals surface area (Å²) >= 11 is 5.89. The van der Waals surface area contributed by atoms with E-state index in [2.05, 4.69) is 5.32 Å². The number of halogens is 1. The number of nitrogens with one attached hydrogen (secondary N) is 1. The van der Waals surface area contributed by atoms with Crippen LogP contribution in [0.3, 0.4) is 0 Å². The Labute approximate surface area is 120 Å². The monoisotopic (exact) mass is 301 g/mol. The molecule has 3 nitrogen and oxygen atoms in total. The van der Waals surface area contributed by atoms with Gasteiger partial charge in [0.25, 0.3) is 0 Å². The Hall–Kier alpha value is -0.580. The van der Waals surface area contributed by atoms with E-state index >= 15 is 0 Å². The van der Waals surface area contributed by atoms with Crippen molar-refractivity contribution in [3.05, 3.63) is 34.9 Å². The highest BCUT2D eigenvalue weighted by atomic mass is 35.5. The Balaban J connectivity index is 1.96. The Bertz CT molecular complexity index is 509. The molecular weight excluding hydrogens is 282 g/mol. The Morgan fingerprint density at radius 3 is 2.47 bits per heavy atom. The van der Waals surface area contributed by atoms with Crippen LogP contribution < -0.4 is 5.32 Å². The molecule has 19 heavy (non-hydrogen) atoms. The molecule has 1 atom stereocenters. The van der Waals surface area contributed by atoms with Gasteiger partial charge in [-0.05, 0) is 36.5 Å². The zero-order chi connectivity index (χ0) is 13.9. The summed E-state index contributed by atoms with van der Waals surface area (Å²) in [6, 6.07) is 8.07. The second kappa shape index (κ2) is 6.25. The molecule has 1 aromatic rings. The molecule has 1 aliphatic carbocycles. The van der Waals surface area contributed by atoms with E-state index in [-0.39, 0.29) is 17.5 Å². The smallest absolute Gasteiger partial charge is 0.151 e. The van der Waals surface area contributed by atoms with Crippen molar-refractivity contribution < 1.29 is 8.42 Å². The number of hydrogen-bond donors (Lipinski definition) is 1. The van der Waals surface area contributed by atoms with Crippen LogP contribution in [0.5, 0.6) is 0 Å².